The van der Waals surface area contributed by atoms with Gasteiger partial charge in [0.05, 0.1) is 0 Å². The molecule has 3 rings (SSSR count). The van der Waals surface area contributed by atoms with Gasteiger partial charge in [0.25, 0.3) is 15.9 Å². The quantitative estimate of drug-likeness (QED) is 0.900. The van der Waals surface area contributed by atoms with Crippen molar-refractivity contribution >= 4 is 27.3 Å². The molecule has 0 radical (unpaired) electrons. The third kappa shape index (κ3) is 3.46. The first-order valence-electron chi connectivity index (χ1n) is 7.47. The van der Waals surface area contributed by atoms with Gasteiger partial charge in [-0.05, 0) is 36.4 Å². The SMILES string of the molecule is O=C(NC[C@H]1CCCN1S(=O)(=O)c1cccs1)c1ccccc1. The van der Waals surface area contributed by atoms with Crippen LogP contribution >= 0.6 is 11.3 Å². The van der Waals surface area contributed by atoms with E-state index in [-0.39, 0.29) is 11.9 Å². The number of hydrogen-bond acceptors (Lipinski definition) is 4. The average Bonchev–Trinajstić information content (AvgIpc) is 3.25. The van der Waals surface area contributed by atoms with Gasteiger partial charge in [0, 0.05) is 24.7 Å². The molecule has 1 aliphatic rings. The molecule has 23 heavy (non-hydrogen) atoms. The third-order valence-corrected chi connectivity index (χ3v) is 7.24. The topological polar surface area (TPSA) is 66.5 Å². The number of carbonyl (C=O) groups excluding carboxylic acids is 1. The van der Waals surface area contributed by atoms with E-state index in [0.29, 0.717) is 22.9 Å². The summed E-state index contributed by atoms with van der Waals surface area (Å²) in [6, 6.07) is 12.1. The van der Waals surface area contributed by atoms with Crippen molar-refractivity contribution in [2.24, 2.45) is 0 Å². The number of rotatable bonds is 5. The van der Waals surface area contributed by atoms with Crippen LogP contribution in [0.2, 0.25) is 0 Å². The van der Waals surface area contributed by atoms with E-state index in [1.54, 1.807) is 41.8 Å². The molecule has 1 atom stereocenters. The van der Waals surface area contributed by atoms with Crippen molar-refractivity contribution in [2.45, 2.75) is 23.1 Å². The molecule has 0 saturated carbocycles. The Kier molecular flexibility index (Phi) is 4.79. The van der Waals surface area contributed by atoms with E-state index in [1.165, 1.54) is 15.6 Å². The molecule has 2 aromatic rings. The van der Waals surface area contributed by atoms with Crippen molar-refractivity contribution < 1.29 is 13.2 Å². The summed E-state index contributed by atoms with van der Waals surface area (Å²) in [4.78, 5) is 12.1. The number of amides is 1. The fraction of sp³-hybridized carbons (Fsp3) is 0.312. The maximum atomic E-state index is 12.6. The monoisotopic (exact) mass is 350 g/mol. The summed E-state index contributed by atoms with van der Waals surface area (Å²) < 4.78 is 27.2. The van der Waals surface area contributed by atoms with Crippen LogP contribution in [-0.2, 0) is 10.0 Å². The molecule has 1 amide bonds. The van der Waals surface area contributed by atoms with Crippen LogP contribution in [0.15, 0.2) is 52.1 Å². The minimum atomic E-state index is -3.46. The Hall–Kier alpha value is -1.70. The molecule has 5 nitrogen and oxygen atoms in total. The van der Waals surface area contributed by atoms with Crippen molar-refractivity contribution in [3.8, 4) is 0 Å². The summed E-state index contributed by atoms with van der Waals surface area (Å²) in [5.74, 6) is -0.175. The van der Waals surface area contributed by atoms with Crippen molar-refractivity contribution in [1.82, 2.24) is 9.62 Å². The largest absolute Gasteiger partial charge is 0.350 e. The standard InChI is InChI=1S/C16H18N2O3S2/c19-16(13-6-2-1-3-7-13)17-12-14-8-4-10-18(14)23(20,21)15-9-5-11-22-15/h1-3,5-7,9,11,14H,4,8,10,12H2,(H,17,19)/t14-/m1/s1. The van der Waals surface area contributed by atoms with E-state index in [4.69, 9.17) is 0 Å². The lowest BCUT2D eigenvalue weighted by Crippen LogP contribution is -2.42. The summed E-state index contributed by atoms with van der Waals surface area (Å²) in [7, 11) is -3.46. The van der Waals surface area contributed by atoms with Gasteiger partial charge in [0.15, 0.2) is 0 Å². The van der Waals surface area contributed by atoms with Gasteiger partial charge in [-0.15, -0.1) is 11.3 Å². The normalized spacial score (nSPS) is 18.9. The summed E-state index contributed by atoms with van der Waals surface area (Å²) in [6.45, 7) is 0.838. The number of sulfonamides is 1. The highest BCUT2D eigenvalue weighted by atomic mass is 32.2. The third-order valence-electron chi connectivity index (χ3n) is 3.92. The molecular weight excluding hydrogens is 332 g/mol. The van der Waals surface area contributed by atoms with Gasteiger partial charge < -0.3 is 5.32 Å². The van der Waals surface area contributed by atoms with E-state index in [2.05, 4.69) is 5.32 Å². The predicted molar refractivity (Wildman–Crippen MR) is 90.0 cm³/mol. The molecular formula is C16H18N2O3S2. The van der Waals surface area contributed by atoms with E-state index in [0.717, 1.165) is 12.8 Å². The van der Waals surface area contributed by atoms with Gasteiger partial charge in [0.1, 0.15) is 4.21 Å². The Balaban J connectivity index is 1.67. The Labute approximate surface area is 140 Å². The molecule has 0 unspecified atom stereocenters. The molecule has 1 N–H and O–H groups in total. The lowest BCUT2D eigenvalue weighted by Gasteiger charge is -2.23. The number of nitrogens with zero attached hydrogens (tertiary/aromatic N) is 1. The average molecular weight is 350 g/mol. The van der Waals surface area contributed by atoms with E-state index >= 15 is 0 Å². The first-order chi connectivity index (χ1) is 11.1. The van der Waals surface area contributed by atoms with E-state index in [9.17, 15) is 13.2 Å². The molecule has 0 aliphatic carbocycles. The smallest absolute Gasteiger partial charge is 0.252 e. The number of carbonyl (C=O) groups is 1. The lowest BCUT2D eigenvalue weighted by atomic mass is 10.2. The number of hydrogen-bond donors (Lipinski definition) is 1. The molecule has 1 aromatic carbocycles. The second kappa shape index (κ2) is 6.82. The van der Waals surface area contributed by atoms with Crippen molar-refractivity contribution in [3.63, 3.8) is 0 Å². The second-order valence-corrected chi connectivity index (χ2v) is 8.49. The highest BCUT2D eigenvalue weighted by Gasteiger charge is 2.35. The molecule has 1 aliphatic heterocycles. The van der Waals surface area contributed by atoms with Crippen molar-refractivity contribution in [1.29, 1.82) is 0 Å². The van der Waals surface area contributed by atoms with Gasteiger partial charge >= 0.3 is 0 Å². The van der Waals surface area contributed by atoms with Crippen LogP contribution in [-0.4, -0.2) is 37.8 Å². The van der Waals surface area contributed by atoms with Crippen molar-refractivity contribution in [2.75, 3.05) is 13.1 Å². The maximum absolute atomic E-state index is 12.6. The Morgan fingerprint density at radius 2 is 2.00 bits per heavy atom. The van der Waals surface area contributed by atoms with Gasteiger partial charge in [-0.25, -0.2) is 8.42 Å². The van der Waals surface area contributed by atoms with Crippen LogP contribution in [0.4, 0.5) is 0 Å². The lowest BCUT2D eigenvalue weighted by molar-refractivity contribution is 0.0946. The first-order valence-corrected chi connectivity index (χ1v) is 9.79. The van der Waals surface area contributed by atoms with Crippen LogP contribution in [0.1, 0.15) is 23.2 Å². The van der Waals surface area contributed by atoms with Crippen LogP contribution in [0, 0.1) is 0 Å². The predicted octanol–water partition coefficient (Wildman–Crippen LogP) is 2.33. The fourth-order valence-corrected chi connectivity index (χ4v) is 5.57. The number of thiophene rings is 1. The summed E-state index contributed by atoms with van der Waals surface area (Å²) in [5, 5.41) is 4.61. The highest BCUT2D eigenvalue weighted by molar-refractivity contribution is 7.91. The Bertz CT molecular complexity index is 758. The van der Waals surface area contributed by atoms with Crippen LogP contribution in [0.3, 0.4) is 0 Å². The van der Waals surface area contributed by atoms with Crippen LogP contribution in [0.5, 0.6) is 0 Å². The van der Waals surface area contributed by atoms with Crippen LogP contribution in [0.25, 0.3) is 0 Å². The van der Waals surface area contributed by atoms with Gasteiger partial charge in [0.2, 0.25) is 0 Å². The van der Waals surface area contributed by atoms with E-state index < -0.39 is 10.0 Å². The van der Waals surface area contributed by atoms with Gasteiger partial charge in [-0.1, -0.05) is 24.3 Å². The summed E-state index contributed by atoms with van der Waals surface area (Å²) in [6.07, 6.45) is 1.58. The molecule has 1 aromatic heterocycles. The Morgan fingerprint density at radius 1 is 1.22 bits per heavy atom. The van der Waals surface area contributed by atoms with Gasteiger partial charge in [-0.3, -0.25) is 4.79 Å². The van der Waals surface area contributed by atoms with Gasteiger partial charge in [-0.2, -0.15) is 4.31 Å². The number of nitrogens with one attached hydrogen (secondary N) is 1. The summed E-state index contributed by atoms with van der Waals surface area (Å²) >= 11 is 1.22. The summed E-state index contributed by atoms with van der Waals surface area (Å²) in [5.41, 5.74) is 0.582. The zero-order chi connectivity index (χ0) is 16.3. The zero-order valence-electron chi connectivity index (χ0n) is 12.5. The number of benzene rings is 1. The Morgan fingerprint density at radius 3 is 2.70 bits per heavy atom. The fourth-order valence-electron chi connectivity index (χ4n) is 2.76. The van der Waals surface area contributed by atoms with E-state index in [1.807, 2.05) is 6.07 Å². The second-order valence-electron chi connectivity index (χ2n) is 5.42. The molecule has 0 spiro atoms. The van der Waals surface area contributed by atoms with Crippen LogP contribution < -0.4 is 5.32 Å². The molecule has 1 fully saturated rings. The van der Waals surface area contributed by atoms with Crippen molar-refractivity contribution in [3.05, 3.63) is 53.4 Å². The molecule has 2 heterocycles. The molecule has 0 bridgehead atoms. The molecule has 122 valence electrons. The minimum Gasteiger partial charge on any atom is -0.350 e. The maximum Gasteiger partial charge on any atom is 0.252 e. The highest BCUT2D eigenvalue weighted by Crippen LogP contribution is 2.28. The molecule has 1 saturated heterocycles. The minimum absolute atomic E-state index is 0.175. The zero-order valence-corrected chi connectivity index (χ0v) is 14.1. The molecule has 7 heteroatoms. The first kappa shape index (κ1) is 16.2.